The van der Waals surface area contributed by atoms with Crippen LogP contribution in [0.3, 0.4) is 0 Å². The maximum absolute atomic E-state index is 12.9. The molecule has 0 bridgehead atoms. The Hall–Kier alpha value is -2.30. The number of benzene rings is 1. The smallest absolute Gasteiger partial charge is 0.381 e. The van der Waals surface area contributed by atoms with Crippen LogP contribution in [0.5, 0.6) is 0 Å². The van der Waals surface area contributed by atoms with Gasteiger partial charge in [0, 0.05) is 24.8 Å². The van der Waals surface area contributed by atoms with E-state index < -0.39 is 23.5 Å². The van der Waals surface area contributed by atoms with Gasteiger partial charge < -0.3 is 14.6 Å². The molecule has 0 spiro atoms. The molecule has 1 aromatic heterocycles. The molecule has 27 heavy (non-hydrogen) atoms. The lowest BCUT2D eigenvalue weighted by atomic mass is 10.0. The second-order valence-electron chi connectivity index (χ2n) is 6.08. The molecule has 2 aromatic rings. The number of alkyl halides is 6. The first-order valence-electron chi connectivity index (χ1n) is 8.06. The molecule has 0 aliphatic carbocycles. The highest BCUT2D eigenvalue weighted by molar-refractivity contribution is 5.50. The standard InChI is InChI=1S/C16H15F6N3O2/c17-15(18,19)10-5-11(16(20,21)22)7-12(6-10)23-8-13-24-14(27-25-13)9-1-3-26-4-2-9/h5-7,9,23H,1-4,8H2. The molecule has 148 valence electrons. The molecular formula is C16H15F6N3O2. The van der Waals surface area contributed by atoms with Gasteiger partial charge in [0.05, 0.1) is 17.7 Å². The van der Waals surface area contributed by atoms with Gasteiger partial charge in [-0.05, 0) is 31.0 Å². The van der Waals surface area contributed by atoms with Crippen molar-refractivity contribution in [3.63, 3.8) is 0 Å². The van der Waals surface area contributed by atoms with E-state index in [1.54, 1.807) is 0 Å². The molecule has 0 amide bonds. The molecule has 11 heteroatoms. The van der Waals surface area contributed by atoms with E-state index in [1.165, 1.54) is 0 Å². The van der Waals surface area contributed by atoms with Crippen LogP contribution in [-0.2, 0) is 23.6 Å². The van der Waals surface area contributed by atoms with E-state index in [1.807, 2.05) is 0 Å². The van der Waals surface area contributed by atoms with Crippen LogP contribution in [0.2, 0.25) is 0 Å². The van der Waals surface area contributed by atoms with Gasteiger partial charge in [-0.1, -0.05) is 5.16 Å². The average molecular weight is 395 g/mol. The summed E-state index contributed by atoms with van der Waals surface area (Å²) in [7, 11) is 0. The Bertz CT molecular complexity index is 749. The SMILES string of the molecule is FC(F)(F)c1cc(NCc2noc(C3CCOCC3)n2)cc(C(F)(F)F)c1. The van der Waals surface area contributed by atoms with Gasteiger partial charge in [0.25, 0.3) is 0 Å². The lowest BCUT2D eigenvalue weighted by Gasteiger charge is -2.17. The van der Waals surface area contributed by atoms with Gasteiger partial charge in [0.15, 0.2) is 5.82 Å². The summed E-state index contributed by atoms with van der Waals surface area (Å²) in [5.74, 6) is 0.558. The number of nitrogens with zero attached hydrogens (tertiary/aromatic N) is 2. The quantitative estimate of drug-likeness (QED) is 0.766. The molecule has 1 N–H and O–H groups in total. The molecule has 1 aliphatic rings. The zero-order chi connectivity index (χ0) is 19.7. The fourth-order valence-corrected chi connectivity index (χ4v) is 2.69. The first-order valence-corrected chi connectivity index (χ1v) is 8.06. The highest BCUT2D eigenvalue weighted by atomic mass is 19.4. The van der Waals surface area contributed by atoms with Crippen LogP contribution in [0.25, 0.3) is 0 Å². The number of hydrogen-bond acceptors (Lipinski definition) is 5. The van der Waals surface area contributed by atoms with Crippen LogP contribution >= 0.6 is 0 Å². The van der Waals surface area contributed by atoms with Crippen molar-refractivity contribution in [2.45, 2.75) is 37.7 Å². The maximum atomic E-state index is 12.9. The largest absolute Gasteiger partial charge is 0.416 e. The summed E-state index contributed by atoms with van der Waals surface area (Å²) in [6.07, 6.45) is -8.39. The Morgan fingerprint density at radius 2 is 1.56 bits per heavy atom. The van der Waals surface area contributed by atoms with Crippen LogP contribution in [-0.4, -0.2) is 23.4 Å². The maximum Gasteiger partial charge on any atom is 0.416 e. The lowest BCUT2D eigenvalue weighted by Crippen LogP contribution is -2.14. The summed E-state index contributed by atoms with van der Waals surface area (Å²) < 4.78 is 87.5. The van der Waals surface area contributed by atoms with Crippen molar-refractivity contribution >= 4 is 5.69 Å². The fourth-order valence-electron chi connectivity index (χ4n) is 2.69. The lowest BCUT2D eigenvalue weighted by molar-refractivity contribution is -0.143. The highest BCUT2D eigenvalue weighted by Gasteiger charge is 2.37. The molecule has 5 nitrogen and oxygen atoms in total. The van der Waals surface area contributed by atoms with E-state index in [4.69, 9.17) is 9.26 Å². The zero-order valence-electron chi connectivity index (χ0n) is 13.8. The molecule has 1 saturated heterocycles. The number of hydrogen-bond donors (Lipinski definition) is 1. The van der Waals surface area contributed by atoms with Gasteiger partial charge >= 0.3 is 12.4 Å². The molecule has 1 fully saturated rings. The number of rotatable bonds is 4. The predicted octanol–water partition coefficient (Wildman–Crippen LogP) is 4.61. The van der Waals surface area contributed by atoms with Crippen molar-refractivity contribution < 1.29 is 35.6 Å². The Kier molecular flexibility index (Phi) is 5.31. The summed E-state index contributed by atoms with van der Waals surface area (Å²) in [6, 6.07) is 1.28. The minimum absolute atomic E-state index is 0.0328. The van der Waals surface area contributed by atoms with Gasteiger partial charge in [0.1, 0.15) is 0 Å². The van der Waals surface area contributed by atoms with Crippen molar-refractivity contribution in [2.75, 3.05) is 18.5 Å². The summed E-state index contributed by atoms with van der Waals surface area (Å²) in [5.41, 5.74) is -3.12. The van der Waals surface area contributed by atoms with Crippen LogP contribution in [0, 0.1) is 0 Å². The second kappa shape index (κ2) is 7.37. The predicted molar refractivity (Wildman–Crippen MR) is 80.9 cm³/mol. The normalized spacial score (nSPS) is 16.5. The molecule has 0 unspecified atom stereocenters. The van der Waals surface area contributed by atoms with Gasteiger partial charge in [0.2, 0.25) is 5.89 Å². The van der Waals surface area contributed by atoms with Crippen molar-refractivity contribution in [2.24, 2.45) is 0 Å². The van der Waals surface area contributed by atoms with E-state index in [0.717, 1.165) is 0 Å². The molecule has 2 heterocycles. The molecular weight excluding hydrogens is 380 g/mol. The van der Waals surface area contributed by atoms with Crippen LogP contribution in [0.4, 0.5) is 32.0 Å². The van der Waals surface area contributed by atoms with Crippen molar-refractivity contribution in [3.8, 4) is 0 Å². The molecule has 0 radical (unpaired) electrons. The van der Waals surface area contributed by atoms with Gasteiger partial charge in [-0.25, -0.2) is 0 Å². The summed E-state index contributed by atoms with van der Waals surface area (Å²) in [5, 5.41) is 6.21. The highest BCUT2D eigenvalue weighted by Crippen LogP contribution is 2.37. The molecule has 0 atom stereocenters. The number of nitrogens with one attached hydrogen (secondary N) is 1. The minimum atomic E-state index is -4.90. The Morgan fingerprint density at radius 1 is 0.963 bits per heavy atom. The second-order valence-corrected chi connectivity index (χ2v) is 6.08. The van der Waals surface area contributed by atoms with E-state index >= 15 is 0 Å². The van der Waals surface area contributed by atoms with Crippen LogP contribution in [0.1, 0.15) is 41.6 Å². The van der Waals surface area contributed by atoms with Crippen LogP contribution in [0.15, 0.2) is 22.7 Å². The van der Waals surface area contributed by atoms with Gasteiger partial charge in [-0.15, -0.1) is 0 Å². The topological polar surface area (TPSA) is 60.2 Å². The monoisotopic (exact) mass is 395 g/mol. The van der Waals surface area contributed by atoms with E-state index in [0.29, 0.717) is 44.1 Å². The van der Waals surface area contributed by atoms with Gasteiger partial charge in [-0.2, -0.15) is 31.3 Å². The van der Waals surface area contributed by atoms with E-state index in [9.17, 15) is 26.3 Å². The number of ether oxygens (including phenoxy) is 1. The fraction of sp³-hybridized carbons (Fsp3) is 0.500. The zero-order valence-corrected chi connectivity index (χ0v) is 13.8. The first kappa shape index (κ1) is 19.5. The third-order valence-electron chi connectivity index (χ3n) is 4.09. The van der Waals surface area contributed by atoms with Crippen molar-refractivity contribution in [3.05, 3.63) is 41.0 Å². The van der Waals surface area contributed by atoms with Crippen LogP contribution < -0.4 is 5.32 Å². The molecule has 1 aromatic carbocycles. The van der Waals surface area contributed by atoms with Gasteiger partial charge in [-0.3, -0.25) is 0 Å². The first-order chi connectivity index (χ1) is 12.6. The number of aromatic nitrogens is 2. The Labute approximate surface area is 149 Å². The Morgan fingerprint density at radius 3 is 2.11 bits per heavy atom. The summed E-state index contributed by atoms with van der Waals surface area (Å²) in [6.45, 7) is 0.946. The molecule has 0 saturated carbocycles. The minimum Gasteiger partial charge on any atom is -0.381 e. The third-order valence-corrected chi connectivity index (χ3v) is 4.09. The van der Waals surface area contributed by atoms with Crippen molar-refractivity contribution in [1.29, 1.82) is 0 Å². The Balaban J connectivity index is 1.74. The summed E-state index contributed by atoms with van der Waals surface area (Å²) >= 11 is 0. The number of halogens is 6. The number of anilines is 1. The molecule has 1 aliphatic heterocycles. The van der Waals surface area contributed by atoms with E-state index in [2.05, 4.69) is 15.5 Å². The third kappa shape index (κ3) is 4.90. The summed E-state index contributed by atoms with van der Waals surface area (Å²) in [4.78, 5) is 4.15. The van der Waals surface area contributed by atoms with Crippen molar-refractivity contribution in [1.82, 2.24) is 10.1 Å². The average Bonchev–Trinajstić information content (AvgIpc) is 3.08. The van der Waals surface area contributed by atoms with E-state index in [-0.39, 0.29) is 30.0 Å². The molecule has 3 rings (SSSR count).